The molecule has 1 aromatic heterocycles. The van der Waals surface area contributed by atoms with E-state index in [1.165, 1.54) is 12.0 Å². The van der Waals surface area contributed by atoms with Crippen molar-refractivity contribution in [1.82, 2.24) is 9.55 Å². The molecule has 4 rings (SSSR count). The number of hydrogen-bond acceptors (Lipinski definition) is 3. The molecule has 0 radical (unpaired) electrons. The van der Waals surface area contributed by atoms with E-state index in [0.29, 0.717) is 24.3 Å². The zero-order chi connectivity index (χ0) is 24.6. The standard InChI is InChI=1S/C29H39N3O2/c1-18(2)21-7-10-23(11-8-21)30-28-31-25-15-22(9-12-27(33)34)20(4)14-26(25)32(28)24-13-19(3)16-29(5,6)17-24/h7-8,10-11,14-15,18-19,24H,9,12-13,16-17H2,1-6H3,(H,30,31)(H,33,34). The molecule has 2 N–H and O–H groups in total. The number of hydrogen-bond donors (Lipinski definition) is 2. The lowest BCUT2D eigenvalue weighted by Crippen LogP contribution is -2.29. The summed E-state index contributed by atoms with van der Waals surface area (Å²) in [7, 11) is 0. The van der Waals surface area contributed by atoms with Gasteiger partial charge in [-0.2, -0.15) is 0 Å². The Hall–Kier alpha value is -2.82. The van der Waals surface area contributed by atoms with Gasteiger partial charge in [-0.25, -0.2) is 4.98 Å². The van der Waals surface area contributed by atoms with Gasteiger partial charge in [0.1, 0.15) is 0 Å². The Labute approximate surface area is 203 Å². The lowest BCUT2D eigenvalue weighted by molar-refractivity contribution is -0.136. The number of carbonyl (C=O) groups is 1. The van der Waals surface area contributed by atoms with Gasteiger partial charge in [0.05, 0.1) is 11.0 Å². The van der Waals surface area contributed by atoms with Gasteiger partial charge in [0.15, 0.2) is 0 Å². The zero-order valence-electron chi connectivity index (χ0n) is 21.5. The summed E-state index contributed by atoms with van der Waals surface area (Å²) in [5.41, 5.74) is 6.89. The average Bonchev–Trinajstić information content (AvgIpc) is 3.07. The number of carboxylic acid groups (broad SMARTS) is 1. The van der Waals surface area contributed by atoms with E-state index < -0.39 is 5.97 Å². The van der Waals surface area contributed by atoms with Gasteiger partial charge in [-0.3, -0.25) is 4.79 Å². The number of aromatic nitrogens is 2. The van der Waals surface area contributed by atoms with E-state index in [-0.39, 0.29) is 11.8 Å². The second-order valence-corrected chi connectivity index (χ2v) is 11.4. The highest BCUT2D eigenvalue weighted by Gasteiger charge is 2.34. The van der Waals surface area contributed by atoms with Crippen LogP contribution in [0.4, 0.5) is 11.6 Å². The fraction of sp³-hybridized carbons (Fsp3) is 0.517. The summed E-state index contributed by atoms with van der Waals surface area (Å²) in [6.07, 6.45) is 4.15. The maximum Gasteiger partial charge on any atom is 0.303 e. The lowest BCUT2D eigenvalue weighted by atomic mass is 9.70. The fourth-order valence-corrected chi connectivity index (χ4v) is 5.83. The molecule has 1 aliphatic rings. The summed E-state index contributed by atoms with van der Waals surface area (Å²) >= 11 is 0. The van der Waals surface area contributed by atoms with Gasteiger partial charge in [0, 0.05) is 18.2 Å². The first kappa shape index (κ1) is 24.3. The molecular weight excluding hydrogens is 422 g/mol. The number of aryl methyl sites for hydroxylation is 2. The van der Waals surface area contributed by atoms with Gasteiger partial charge in [-0.1, -0.05) is 46.8 Å². The minimum Gasteiger partial charge on any atom is -0.481 e. The second-order valence-electron chi connectivity index (χ2n) is 11.4. The number of carboxylic acids is 1. The average molecular weight is 462 g/mol. The summed E-state index contributed by atoms with van der Waals surface area (Å²) in [4.78, 5) is 16.2. The highest BCUT2D eigenvalue weighted by molar-refractivity contribution is 5.82. The van der Waals surface area contributed by atoms with Crippen LogP contribution < -0.4 is 5.32 Å². The van der Waals surface area contributed by atoms with E-state index in [0.717, 1.165) is 46.6 Å². The van der Waals surface area contributed by atoms with Crippen LogP contribution in [0.2, 0.25) is 0 Å². The van der Waals surface area contributed by atoms with E-state index in [2.05, 4.69) is 87.8 Å². The fourth-order valence-electron chi connectivity index (χ4n) is 5.83. The van der Waals surface area contributed by atoms with Crippen LogP contribution in [0, 0.1) is 18.3 Å². The quantitative estimate of drug-likeness (QED) is 0.380. The molecular formula is C29H39N3O2. The number of nitrogens with zero attached hydrogens (tertiary/aromatic N) is 2. The minimum atomic E-state index is -0.768. The number of aliphatic carboxylic acids is 1. The van der Waals surface area contributed by atoms with E-state index in [4.69, 9.17) is 10.1 Å². The Bertz CT molecular complexity index is 1170. The van der Waals surface area contributed by atoms with Crippen LogP contribution in [0.3, 0.4) is 0 Å². The van der Waals surface area contributed by atoms with Crippen LogP contribution in [0.5, 0.6) is 0 Å². The number of imidazole rings is 1. The van der Waals surface area contributed by atoms with Crippen LogP contribution >= 0.6 is 0 Å². The molecule has 0 spiro atoms. The maximum absolute atomic E-state index is 11.1. The number of anilines is 2. The molecule has 0 saturated heterocycles. The number of fused-ring (bicyclic) bond motifs is 1. The van der Waals surface area contributed by atoms with Crippen molar-refractivity contribution < 1.29 is 9.90 Å². The largest absolute Gasteiger partial charge is 0.481 e. The Morgan fingerprint density at radius 3 is 2.53 bits per heavy atom. The van der Waals surface area contributed by atoms with E-state index in [1.807, 2.05) is 0 Å². The van der Waals surface area contributed by atoms with Crippen molar-refractivity contribution in [3.63, 3.8) is 0 Å². The third-order valence-corrected chi connectivity index (χ3v) is 7.32. The molecule has 0 aliphatic heterocycles. The van der Waals surface area contributed by atoms with Crippen LogP contribution in [-0.4, -0.2) is 20.6 Å². The normalized spacial score (nSPS) is 20.1. The van der Waals surface area contributed by atoms with Crippen LogP contribution in [0.15, 0.2) is 36.4 Å². The molecule has 3 aromatic rings. The lowest BCUT2D eigenvalue weighted by Gasteiger charge is -2.40. The summed E-state index contributed by atoms with van der Waals surface area (Å²) < 4.78 is 2.41. The number of nitrogens with one attached hydrogen (secondary N) is 1. The predicted molar refractivity (Wildman–Crippen MR) is 140 cm³/mol. The molecule has 2 unspecified atom stereocenters. The minimum absolute atomic E-state index is 0.134. The first-order valence-corrected chi connectivity index (χ1v) is 12.6. The second kappa shape index (κ2) is 9.44. The Morgan fingerprint density at radius 1 is 1.21 bits per heavy atom. The molecule has 2 atom stereocenters. The molecule has 1 saturated carbocycles. The molecule has 182 valence electrons. The highest BCUT2D eigenvalue weighted by Crippen LogP contribution is 2.46. The van der Waals surface area contributed by atoms with E-state index in [1.54, 1.807) is 0 Å². The van der Waals surface area contributed by atoms with Gasteiger partial charge < -0.3 is 15.0 Å². The first-order valence-electron chi connectivity index (χ1n) is 12.6. The number of benzene rings is 2. The van der Waals surface area contributed by atoms with Gasteiger partial charge in [0.2, 0.25) is 5.95 Å². The molecule has 0 amide bonds. The number of rotatable bonds is 7. The van der Waals surface area contributed by atoms with Gasteiger partial charge in [0.25, 0.3) is 0 Å². The van der Waals surface area contributed by atoms with E-state index >= 15 is 0 Å². The Balaban J connectivity index is 1.78. The molecule has 34 heavy (non-hydrogen) atoms. The first-order chi connectivity index (χ1) is 16.0. The Morgan fingerprint density at radius 2 is 1.91 bits per heavy atom. The van der Waals surface area contributed by atoms with Crippen LogP contribution in [0.25, 0.3) is 11.0 Å². The smallest absolute Gasteiger partial charge is 0.303 e. The van der Waals surface area contributed by atoms with Crippen molar-refractivity contribution in [3.05, 3.63) is 53.1 Å². The van der Waals surface area contributed by atoms with Crippen molar-refractivity contribution >= 4 is 28.6 Å². The van der Waals surface area contributed by atoms with Crippen LogP contribution in [-0.2, 0) is 11.2 Å². The molecule has 5 nitrogen and oxygen atoms in total. The van der Waals surface area contributed by atoms with Crippen molar-refractivity contribution in [3.8, 4) is 0 Å². The van der Waals surface area contributed by atoms with Gasteiger partial charge >= 0.3 is 5.97 Å². The summed E-state index contributed by atoms with van der Waals surface area (Å²) in [5.74, 6) is 1.25. The molecule has 2 aromatic carbocycles. The van der Waals surface area contributed by atoms with Crippen LogP contribution in [0.1, 0.15) is 89.0 Å². The van der Waals surface area contributed by atoms with E-state index in [9.17, 15) is 4.79 Å². The summed E-state index contributed by atoms with van der Waals surface area (Å²) in [5, 5.41) is 12.8. The maximum atomic E-state index is 11.1. The SMILES string of the molecule is Cc1cc2c(cc1CCC(=O)O)nc(Nc1ccc(C(C)C)cc1)n2C1CC(C)CC(C)(C)C1. The monoisotopic (exact) mass is 461 g/mol. The molecule has 1 fully saturated rings. The van der Waals surface area contributed by atoms with Crippen molar-refractivity contribution in [2.24, 2.45) is 11.3 Å². The van der Waals surface area contributed by atoms with Crippen molar-refractivity contribution in [1.29, 1.82) is 0 Å². The third-order valence-electron chi connectivity index (χ3n) is 7.32. The highest BCUT2D eigenvalue weighted by atomic mass is 16.4. The summed E-state index contributed by atoms with van der Waals surface area (Å²) in [6.45, 7) is 13.6. The van der Waals surface area contributed by atoms with Gasteiger partial charge in [-0.15, -0.1) is 0 Å². The molecule has 0 bridgehead atoms. The third kappa shape index (κ3) is 5.29. The zero-order valence-corrected chi connectivity index (χ0v) is 21.5. The van der Waals surface area contributed by atoms with Gasteiger partial charge in [-0.05, 0) is 90.8 Å². The van der Waals surface area contributed by atoms with Crippen molar-refractivity contribution in [2.45, 2.75) is 85.6 Å². The molecule has 1 heterocycles. The summed E-state index contributed by atoms with van der Waals surface area (Å²) in [6, 6.07) is 13.3. The van der Waals surface area contributed by atoms with Crippen molar-refractivity contribution in [2.75, 3.05) is 5.32 Å². The predicted octanol–water partition coefficient (Wildman–Crippen LogP) is 7.62. The Kier molecular flexibility index (Phi) is 6.75. The topological polar surface area (TPSA) is 67.2 Å². The molecule has 1 aliphatic carbocycles. The molecule has 5 heteroatoms.